The molecular formula is C18H27N7O2. The highest BCUT2D eigenvalue weighted by Crippen LogP contribution is 2.19. The summed E-state index contributed by atoms with van der Waals surface area (Å²) in [5.74, 6) is 1.09. The molecule has 3 heterocycles. The minimum atomic E-state index is -0.0483. The van der Waals surface area contributed by atoms with Crippen molar-refractivity contribution in [3.63, 3.8) is 0 Å². The largest absolute Gasteiger partial charge is 0.384 e. The van der Waals surface area contributed by atoms with Crippen LogP contribution in [0.2, 0.25) is 0 Å². The summed E-state index contributed by atoms with van der Waals surface area (Å²) in [4.78, 5) is 37.0. The third kappa shape index (κ3) is 4.79. The minimum Gasteiger partial charge on any atom is -0.384 e. The van der Waals surface area contributed by atoms with Gasteiger partial charge in [0.05, 0.1) is 6.54 Å². The fourth-order valence-corrected chi connectivity index (χ4v) is 3.57. The molecule has 2 aliphatic heterocycles. The summed E-state index contributed by atoms with van der Waals surface area (Å²) in [5, 5.41) is 5.43. The van der Waals surface area contributed by atoms with Gasteiger partial charge in [-0.2, -0.15) is 5.10 Å². The zero-order valence-corrected chi connectivity index (χ0v) is 16.0. The Morgan fingerprint density at radius 3 is 2.89 bits per heavy atom. The van der Waals surface area contributed by atoms with Crippen molar-refractivity contribution >= 4 is 23.3 Å². The topological polar surface area (TPSA) is 108 Å². The smallest absolute Gasteiger partial charge is 0.270 e. The molecule has 1 atom stereocenters. The lowest BCUT2D eigenvalue weighted by atomic mass is 10.1. The molecule has 0 aliphatic carbocycles. The lowest BCUT2D eigenvalue weighted by Gasteiger charge is -2.27. The van der Waals surface area contributed by atoms with Crippen LogP contribution in [0.4, 0.5) is 5.82 Å². The molecule has 0 saturated carbocycles. The molecule has 3 rings (SSSR count). The maximum atomic E-state index is 12.8. The number of aromatic nitrogens is 2. The Labute approximate surface area is 159 Å². The second-order valence-corrected chi connectivity index (χ2v) is 7.15. The average molecular weight is 373 g/mol. The predicted molar refractivity (Wildman–Crippen MR) is 102 cm³/mol. The third-order valence-electron chi connectivity index (χ3n) is 5.18. The molecule has 0 spiro atoms. The van der Waals surface area contributed by atoms with E-state index in [2.05, 4.69) is 27.0 Å². The van der Waals surface area contributed by atoms with E-state index in [-0.39, 0.29) is 11.8 Å². The molecule has 2 amide bonds. The predicted octanol–water partition coefficient (Wildman–Crippen LogP) is 0.480. The van der Waals surface area contributed by atoms with Crippen molar-refractivity contribution in [2.24, 2.45) is 5.10 Å². The molecule has 0 bridgehead atoms. The van der Waals surface area contributed by atoms with Crippen LogP contribution >= 0.6 is 0 Å². The van der Waals surface area contributed by atoms with E-state index in [0.29, 0.717) is 55.9 Å². The number of anilines is 1. The zero-order chi connectivity index (χ0) is 19.4. The van der Waals surface area contributed by atoms with Crippen LogP contribution in [0.1, 0.15) is 37.9 Å². The summed E-state index contributed by atoms with van der Waals surface area (Å²) in [5.41, 5.74) is 6.21. The van der Waals surface area contributed by atoms with Crippen molar-refractivity contribution < 1.29 is 9.59 Å². The molecule has 0 aromatic carbocycles. The molecule has 27 heavy (non-hydrogen) atoms. The monoisotopic (exact) mass is 373 g/mol. The normalized spacial score (nSPS) is 21.2. The summed E-state index contributed by atoms with van der Waals surface area (Å²) in [6.45, 7) is 2.03. The van der Waals surface area contributed by atoms with Gasteiger partial charge in [0.1, 0.15) is 17.4 Å². The summed E-state index contributed by atoms with van der Waals surface area (Å²) in [6, 6.07) is 2.03. The van der Waals surface area contributed by atoms with E-state index in [1.54, 1.807) is 19.3 Å². The van der Waals surface area contributed by atoms with Gasteiger partial charge in [-0.3, -0.25) is 14.5 Å². The fourth-order valence-electron chi connectivity index (χ4n) is 3.57. The molecular weight excluding hydrogens is 346 g/mol. The Hall–Kier alpha value is -2.55. The molecule has 146 valence electrons. The number of nitrogens with two attached hydrogens (primary N) is 1. The van der Waals surface area contributed by atoms with Crippen molar-refractivity contribution in [3.05, 3.63) is 18.1 Å². The Balaban J connectivity index is 1.57. The van der Waals surface area contributed by atoms with Crippen LogP contribution in [0.5, 0.6) is 0 Å². The lowest BCUT2D eigenvalue weighted by Crippen LogP contribution is -2.41. The number of likely N-dealkylation sites (tertiary alicyclic amines) is 1. The van der Waals surface area contributed by atoms with Gasteiger partial charge in [-0.05, 0) is 32.4 Å². The number of rotatable bonds is 4. The number of hydrazone groups is 1. The summed E-state index contributed by atoms with van der Waals surface area (Å²) < 4.78 is 0. The number of hydrogen-bond donors (Lipinski definition) is 1. The second kappa shape index (κ2) is 8.43. The number of hydrogen-bond acceptors (Lipinski definition) is 7. The van der Waals surface area contributed by atoms with E-state index in [9.17, 15) is 9.59 Å². The highest BCUT2D eigenvalue weighted by molar-refractivity contribution is 6.39. The molecule has 9 nitrogen and oxygen atoms in total. The Kier molecular flexibility index (Phi) is 6.00. The molecule has 1 aromatic rings. The van der Waals surface area contributed by atoms with Crippen molar-refractivity contribution in [1.29, 1.82) is 0 Å². The van der Waals surface area contributed by atoms with Crippen molar-refractivity contribution in [2.45, 2.75) is 44.7 Å². The third-order valence-corrected chi connectivity index (χ3v) is 5.18. The first-order valence-corrected chi connectivity index (χ1v) is 9.35. The van der Waals surface area contributed by atoms with Gasteiger partial charge in [0.2, 0.25) is 5.91 Å². The molecule has 9 heteroatoms. The number of nitrogen functional groups attached to an aromatic ring is 1. The maximum absolute atomic E-state index is 12.8. The standard InChI is InChI=1S/C18H27N7O2/c1-23(12-16-20-9-7-15(19)21-16)13-4-3-10-25(11-8-13)18(27)14-5-6-17(26)24(2)22-14/h7,9,13H,3-6,8,10-12H2,1-2H3,(H2,19,20,21). The number of carbonyl (C=O) groups excluding carboxylic acids is 2. The van der Waals surface area contributed by atoms with E-state index >= 15 is 0 Å². The van der Waals surface area contributed by atoms with E-state index in [4.69, 9.17) is 5.73 Å². The molecule has 1 saturated heterocycles. The summed E-state index contributed by atoms with van der Waals surface area (Å²) in [7, 11) is 3.65. The quantitative estimate of drug-likeness (QED) is 0.822. The SMILES string of the molecule is CN1N=C(C(=O)N2CCCC(N(C)Cc3nccc(N)n3)CC2)CCC1=O. The van der Waals surface area contributed by atoms with Crippen molar-refractivity contribution in [2.75, 3.05) is 32.9 Å². The molecule has 1 unspecified atom stereocenters. The van der Waals surface area contributed by atoms with Gasteiger partial charge in [-0.1, -0.05) is 0 Å². The second-order valence-electron chi connectivity index (χ2n) is 7.15. The highest BCUT2D eigenvalue weighted by Gasteiger charge is 2.28. The molecule has 1 fully saturated rings. The van der Waals surface area contributed by atoms with Gasteiger partial charge in [0.25, 0.3) is 5.91 Å². The van der Waals surface area contributed by atoms with Crippen LogP contribution < -0.4 is 5.73 Å². The summed E-state index contributed by atoms with van der Waals surface area (Å²) in [6.07, 6.45) is 5.27. The van der Waals surface area contributed by atoms with Crippen LogP contribution in [-0.4, -0.2) is 75.5 Å². The van der Waals surface area contributed by atoms with Gasteiger partial charge < -0.3 is 10.6 Å². The molecule has 2 aliphatic rings. The average Bonchev–Trinajstić information content (AvgIpc) is 2.90. The molecule has 2 N–H and O–H groups in total. The maximum Gasteiger partial charge on any atom is 0.270 e. The molecule has 1 aromatic heterocycles. The minimum absolute atomic E-state index is 0.0446. The van der Waals surface area contributed by atoms with Crippen LogP contribution in [0, 0.1) is 0 Å². The zero-order valence-electron chi connectivity index (χ0n) is 16.0. The van der Waals surface area contributed by atoms with E-state index < -0.39 is 0 Å². The number of nitrogens with zero attached hydrogens (tertiary/aromatic N) is 6. The number of carbonyl (C=O) groups is 2. The number of amides is 2. The van der Waals surface area contributed by atoms with Crippen molar-refractivity contribution in [3.8, 4) is 0 Å². The Morgan fingerprint density at radius 1 is 1.33 bits per heavy atom. The molecule has 0 radical (unpaired) electrons. The van der Waals surface area contributed by atoms with Crippen molar-refractivity contribution in [1.82, 2.24) is 24.8 Å². The van der Waals surface area contributed by atoms with Crippen LogP contribution in [0.3, 0.4) is 0 Å². The van der Waals surface area contributed by atoms with E-state index in [1.165, 1.54) is 5.01 Å². The fraction of sp³-hybridized carbons (Fsp3) is 0.611. The van der Waals surface area contributed by atoms with Gasteiger partial charge in [0.15, 0.2) is 0 Å². The van der Waals surface area contributed by atoms with E-state index in [1.807, 2.05) is 4.90 Å². The van der Waals surface area contributed by atoms with Gasteiger partial charge in [-0.25, -0.2) is 15.0 Å². The van der Waals surface area contributed by atoms with Crippen LogP contribution in [0.25, 0.3) is 0 Å². The Morgan fingerprint density at radius 2 is 2.15 bits per heavy atom. The first kappa shape index (κ1) is 19.2. The van der Waals surface area contributed by atoms with Crippen LogP contribution in [0.15, 0.2) is 17.4 Å². The van der Waals surface area contributed by atoms with Gasteiger partial charge in [-0.15, -0.1) is 0 Å². The van der Waals surface area contributed by atoms with E-state index in [0.717, 1.165) is 19.3 Å². The summed E-state index contributed by atoms with van der Waals surface area (Å²) >= 11 is 0. The van der Waals surface area contributed by atoms with Crippen LogP contribution in [-0.2, 0) is 16.1 Å². The first-order valence-electron chi connectivity index (χ1n) is 9.35. The highest BCUT2D eigenvalue weighted by atomic mass is 16.2. The lowest BCUT2D eigenvalue weighted by molar-refractivity contribution is -0.130. The van der Waals surface area contributed by atoms with Gasteiger partial charge in [0, 0.05) is 45.2 Å². The Bertz CT molecular complexity index is 736. The van der Waals surface area contributed by atoms with Gasteiger partial charge >= 0.3 is 0 Å². The first-order chi connectivity index (χ1) is 12.9.